The Morgan fingerprint density at radius 3 is 1.73 bits per heavy atom. The van der Waals surface area contributed by atoms with Crippen LogP contribution in [0.15, 0.2) is 85.5 Å². The molecule has 73 heavy (non-hydrogen) atoms. The molecule has 2 heterocycles. The molecule has 0 radical (unpaired) electrons. The van der Waals surface area contributed by atoms with Gasteiger partial charge in [0.25, 0.3) is 11.1 Å². The van der Waals surface area contributed by atoms with Crippen LogP contribution < -0.4 is 47.3 Å². The highest BCUT2D eigenvalue weighted by molar-refractivity contribution is 5.87. The largest absolute Gasteiger partial charge is 0.491 e. The summed E-state index contributed by atoms with van der Waals surface area (Å²) in [5.41, 5.74) is 2.78. The van der Waals surface area contributed by atoms with E-state index in [-0.39, 0.29) is 52.3 Å². The molecular formula is C51H75N13O9. The lowest BCUT2D eigenvalue weighted by Gasteiger charge is -2.28. The summed E-state index contributed by atoms with van der Waals surface area (Å²) in [4.78, 5) is 88.2. The van der Waals surface area contributed by atoms with Gasteiger partial charge in [-0.1, -0.05) is 41.5 Å². The molecule has 5 amide bonds. The Morgan fingerprint density at radius 1 is 0.740 bits per heavy atom. The molecule has 2 aromatic heterocycles. The number of aryl methyl sites for hydroxylation is 2. The molecule has 4 aromatic rings. The van der Waals surface area contributed by atoms with E-state index in [1.807, 2.05) is 62.4 Å². The van der Waals surface area contributed by atoms with E-state index >= 15 is 0 Å². The number of carbonyl (C=O) groups is 3. The number of nitrogens with one attached hydrogen (secondary N) is 7. The lowest BCUT2D eigenvalue weighted by molar-refractivity contribution is 0.146. The second kappa shape index (κ2) is 31.1. The second-order valence-corrected chi connectivity index (χ2v) is 19.3. The summed E-state index contributed by atoms with van der Waals surface area (Å²) < 4.78 is 16.0. The van der Waals surface area contributed by atoms with Gasteiger partial charge in [-0.25, -0.2) is 34.1 Å². The van der Waals surface area contributed by atoms with E-state index in [4.69, 9.17) is 14.2 Å². The highest BCUT2D eigenvalue weighted by atomic mass is 16.5. The third-order valence-electron chi connectivity index (χ3n) is 11.1. The molecule has 2 atom stereocenters. The second-order valence-electron chi connectivity index (χ2n) is 19.3. The van der Waals surface area contributed by atoms with Gasteiger partial charge in [0.2, 0.25) is 18.0 Å². The van der Waals surface area contributed by atoms with Crippen LogP contribution in [-0.2, 0) is 14.3 Å². The number of isocyanates is 1. The number of aromatic nitrogens is 4. The maximum Gasteiger partial charge on any atom is 0.407 e. The molecule has 4 rings (SSSR count). The van der Waals surface area contributed by atoms with Gasteiger partial charge in [0.15, 0.2) is 0 Å². The summed E-state index contributed by atoms with van der Waals surface area (Å²) in [5.74, 6) is 1.40. The molecule has 22 nitrogen and oxygen atoms in total. The highest BCUT2D eigenvalue weighted by Crippen LogP contribution is 2.30. The molecular weight excluding hydrogens is 939 g/mol. The molecule has 0 saturated heterocycles. The van der Waals surface area contributed by atoms with E-state index in [0.717, 1.165) is 55.0 Å². The minimum Gasteiger partial charge on any atom is -0.491 e. The van der Waals surface area contributed by atoms with Crippen LogP contribution in [0.1, 0.15) is 85.5 Å². The Kier molecular flexibility index (Phi) is 25.5. The predicted molar refractivity (Wildman–Crippen MR) is 282 cm³/mol. The summed E-state index contributed by atoms with van der Waals surface area (Å²) in [6, 6.07) is 17.0. The van der Waals surface area contributed by atoms with Crippen LogP contribution in [0.5, 0.6) is 5.75 Å². The molecule has 0 aliphatic carbocycles. The number of anilines is 3. The van der Waals surface area contributed by atoms with Gasteiger partial charge in [0, 0.05) is 62.5 Å². The Bertz CT molecular complexity index is 2520. The average Bonchev–Trinajstić information content (AvgIpc) is 3.31. The first-order valence-corrected chi connectivity index (χ1v) is 24.4. The van der Waals surface area contributed by atoms with Gasteiger partial charge in [0.05, 0.1) is 31.1 Å². The Balaban J connectivity index is 0.000000490. The number of carbonyl (C=O) groups excluding carboxylic acids is 4. The number of aromatic amines is 2. The summed E-state index contributed by atoms with van der Waals surface area (Å²) in [5, 5.41) is 22.1. The molecule has 22 heteroatoms. The molecule has 7 N–H and O–H groups in total. The summed E-state index contributed by atoms with van der Waals surface area (Å²) in [6.07, 6.45) is 4.32. The van der Waals surface area contributed by atoms with Crippen molar-refractivity contribution >= 4 is 53.2 Å². The Labute approximate surface area is 427 Å². The average molecular weight is 1010 g/mol. The van der Waals surface area contributed by atoms with Crippen LogP contribution in [0.2, 0.25) is 0 Å². The van der Waals surface area contributed by atoms with Crippen molar-refractivity contribution < 1.29 is 33.4 Å². The minimum absolute atomic E-state index is 0.0151. The summed E-state index contributed by atoms with van der Waals surface area (Å²) in [6.45, 7) is 22.4. The molecule has 0 aliphatic heterocycles. The minimum atomic E-state index is -0.452. The number of azo groups is 1. The van der Waals surface area contributed by atoms with Gasteiger partial charge in [-0.3, -0.25) is 30.2 Å². The maximum absolute atomic E-state index is 12.4. The van der Waals surface area contributed by atoms with Crippen molar-refractivity contribution in [2.24, 2.45) is 37.9 Å². The fraction of sp³-hybridized carbons (Fsp3) is 0.529. The number of likely N-dealkylation sites (N-methyl/N-ethyl adjacent to an activating group) is 1. The van der Waals surface area contributed by atoms with Crippen LogP contribution in [-0.4, -0.2) is 110 Å². The Hall–Kier alpha value is -7.45. The normalized spacial score (nSPS) is 12.0. The van der Waals surface area contributed by atoms with Gasteiger partial charge in [-0.2, -0.15) is 10.2 Å². The molecule has 2 aromatic carbocycles. The van der Waals surface area contributed by atoms with Crippen molar-refractivity contribution in [1.82, 2.24) is 35.9 Å². The zero-order valence-electron chi connectivity index (χ0n) is 44.0. The third kappa shape index (κ3) is 25.5. The van der Waals surface area contributed by atoms with Crippen molar-refractivity contribution in [2.45, 2.75) is 88.0 Å². The van der Waals surface area contributed by atoms with Crippen LogP contribution >= 0.6 is 0 Å². The SMILES string of the molecule is CCN(CCOC(=O)NCCC(C)(C)CC(C)CNC(=O)Nc1nc(C)cc(=O)[nH]1)c1ccc(N=Nc2ccc(OCCOC)cc2)cc1.Cc1cc(=O)[nH]c(NC(=O)NCC(C)CC(C)(C)CCN=C=O)n1. The maximum atomic E-state index is 12.4. The number of amides is 5. The van der Waals surface area contributed by atoms with Gasteiger partial charge in [0.1, 0.15) is 19.0 Å². The van der Waals surface area contributed by atoms with Gasteiger partial charge >= 0.3 is 18.2 Å². The third-order valence-corrected chi connectivity index (χ3v) is 11.1. The lowest BCUT2D eigenvalue weighted by Crippen LogP contribution is -2.35. The molecule has 2 unspecified atom stereocenters. The first-order valence-electron chi connectivity index (χ1n) is 24.4. The zero-order valence-corrected chi connectivity index (χ0v) is 44.0. The number of hydrogen-bond acceptors (Lipinski definition) is 15. The fourth-order valence-corrected chi connectivity index (χ4v) is 7.72. The highest BCUT2D eigenvalue weighted by Gasteiger charge is 2.23. The number of alkyl carbamates (subject to hydrolysis) is 1. The van der Waals surface area contributed by atoms with E-state index in [9.17, 15) is 28.8 Å². The van der Waals surface area contributed by atoms with E-state index < -0.39 is 18.2 Å². The number of hydrogen-bond donors (Lipinski definition) is 7. The quantitative estimate of drug-likeness (QED) is 0.0128. The molecule has 0 fully saturated rings. The summed E-state index contributed by atoms with van der Waals surface area (Å²) >= 11 is 0. The van der Waals surface area contributed by atoms with Crippen molar-refractivity contribution in [1.29, 1.82) is 0 Å². The standard InChI is InChI=1S/C35H50N8O6.C16H25N5O3/c1-7-43(29-12-8-27(9-13-29)41-42-28-10-14-30(15-11-28)48-21-20-47-6)18-19-49-34(46)36-17-16-35(4,5)23-25(2)24-37-33(45)40-32-38-26(3)22-31(44)39-32;1-11(8-16(3,4)5-6-17-10-22)9-18-15(24)21-14-19-12(2)7-13(23)20-14/h8-15,22,25H,7,16-21,23-24H2,1-6H3,(H,36,46)(H3,37,38,39,40,44,45);7,11H,5-6,8-9H2,1-4H3,(H3,18,19,20,21,23,24). The van der Waals surface area contributed by atoms with Gasteiger partial charge in [-0.15, -0.1) is 0 Å². The fourth-order valence-electron chi connectivity index (χ4n) is 7.72. The molecule has 398 valence electrons. The van der Waals surface area contributed by atoms with Crippen molar-refractivity contribution in [3.63, 3.8) is 0 Å². The van der Waals surface area contributed by atoms with Crippen molar-refractivity contribution in [2.75, 3.05) is 81.7 Å². The lowest BCUT2D eigenvalue weighted by atomic mass is 9.80. The number of H-pyrrole nitrogens is 2. The predicted octanol–water partition coefficient (Wildman–Crippen LogP) is 8.31. The summed E-state index contributed by atoms with van der Waals surface area (Å²) in [7, 11) is 1.63. The first-order chi connectivity index (χ1) is 34.7. The number of rotatable bonds is 27. The molecule has 0 bridgehead atoms. The molecule has 0 spiro atoms. The number of benzene rings is 2. The van der Waals surface area contributed by atoms with E-state index in [1.165, 1.54) is 12.1 Å². The van der Waals surface area contributed by atoms with Crippen LogP contribution in [0.4, 0.5) is 43.3 Å². The van der Waals surface area contributed by atoms with Gasteiger partial charge < -0.3 is 35.1 Å². The Morgan fingerprint density at radius 2 is 1.25 bits per heavy atom. The van der Waals surface area contributed by atoms with E-state index in [0.29, 0.717) is 57.3 Å². The number of urea groups is 2. The zero-order chi connectivity index (χ0) is 53.8. The van der Waals surface area contributed by atoms with Crippen LogP contribution in [0, 0.1) is 36.5 Å². The first kappa shape index (κ1) is 59.9. The van der Waals surface area contributed by atoms with Crippen LogP contribution in [0.3, 0.4) is 0 Å². The van der Waals surface area contributed by atoms with Crippen molar-refractivity contribution in [3.8, 4) is 5.75 Å². The van der Waals surface area contributed by atoms with Crippen LogP contribution in [0.25, 0.3) is 0 Å². The van der Waals surface area contributed by atoms with E-state index in [1.54, 1.807) is 27.0 Å². The van der Waals surface area contributed by atoms with E-state index in [2.05, 4.69) is 101 Å². The smallest absolute Gasteiger partial charge is 0.407 e. The number of ether oxygens (including phenoxy) is 3. The number of aliphatic imine (C=N–C) groups is 1. The number of methoxy groups -OCH3 is 1. The topological polar surface area (TPSA) is 288 Å². The van der Waals surface area contributed by atoms with Gasteiger partial charge in [-0.05, 0) is 118 Å². The molecule has 0 saturated carbocycles. The van der Waals surface area contributed by atoms with Crippen molar-refractivity contribution in [3.05, 3.63) is 92.8 Å². The number of nitrogens with zero attached hydrogens (tertiary/aromatic N) is 6. The molecule has 0 aliphatic rings. The monoisotopic (exact) mass is 1010 g/mol.